The molecule has 2 fully saturated rings. The van der Waals surface area contributed by atoms with Gasteiger partial charge < -0.3 is 18.9 Å². The van der Waals surface area contributed by atoms with E-state index in [1.54, 1.807) is 19.2 Å². The van der Waals surface area contributed by atoms with Gasteiger partial charge in [-0.05, 0) is 31.0 Å². The van der Waals surface area contributed by atoms with Crippen molar-refractivity contribution in [1.82, 2.24) is 0 Å². The largest absolute Gasteiger partial charge is 0.493 e. The quantitative estimate of drug-likeness (QED) is 0.615. The molecule has 1 saturated carbocycles. The van der Waals surface area contributed by atoms with E-state index < -0.39 is 0 Å². The molecule has 0 N–H and O–H groups in total. The Kier molecular flexibility index (Phi) is 3.40. The van der Waals surface area contributed by atoms with E-state index in [1.165, 1.54) is 0 Å². The van der Waals surface area contributed by atoms with Crippen LogP contribution in [0.2, 0.25) is 0 Å². The minimum absolute atomic E-state index is 0.0610. The Balaban J connectivity index is 1.77. The molecule has 5 nitrogen and oxygen atoms in total. The van der Waals surface area contributed by atoms with Crippen molar-refractivity contribution in [1.29, 1.82) is 0 Å². The fraction of sp³-hybridized carbons (Fsp3) is 0.500. The maximum Gasteiger partial charge on any atom is 0.314 e. The van der Waals surface area contributed by atoms with Gasteiger partial charge in [0.15, 0.2) is 17.8 Å². The third kappa shape index (κ3) is 2.72. The number of ether oxygens (including phenoxy) is 4. The summed E-state index contributed by atoms with van der Waals surface area (Å²) in [6.07, 6.45) is 1.48. The zero-order valence-corrected chi connectivity index (χ0v) is 10.8. The fourth-order valence-corrected chi connectivity index (χ4v) is 1.98. The molecule has 2 aliphatic rings. The van der Waals surface area contributed by atoms with Crippen LogP contribution in [-0.2, 0) is 14.3 Å². The molecule has 0 atom stereocenters. The van der Waals surface area contributed by atoms with E-state index >= 15 is 0 Å². The van der Waals surface area contributed by atoms with E-state index in [0.29, 0.717) is 24.7 Å². The van der Waals surface area contributed by atoms with Gasteiger partial charge >= 0.3 is 5.97 Å². The first-order valence-electron chi connectivity index (χ1n) is 6.41. The van der Waals surface area contributed by atoms with Crippen molar-refractivity contribution >= 4 is 5.97 Å². The first kappa shape index (κ1) is 12.4. The van der Waals surface area contributed by atoms with Crippen molar-refractivity contribution in [3.8, 4) is 11.5 Å². The monoisotopic (exact) mass is 264 g/mol. The van der Waals surface area contributed by atoms with Crippen molar-refractivity contribution in [2.45, 2.75) is 19.1 Å². The molecule has 0 bridgehead atoms. The molecule has 0 radical (unpaired) electrons. The summed E-state index contributed by atoms with van der Waals surface area (Å²) < 4.78 is 21.4. The number of hydrogen-bond acceptors (Lipinski definition) is 5. The van der Waals surface area contributed by atoms with Crippen LogP contribution in [0.25, 0.3) is 0 Å². The number of esters is 1. The molecule has 1 aromatic carbocycles. The van der Waals surface area contributed by atoms with Crippen LogP contribution in [0.15, 0.2) is 18.2 Å². The lowest BCUT2D eigenvalue weighted by molar-refractivity contribution is -0.135. The Morgan fingerprint density at radius 3 is 2.58 bits per heavy atom. The number of carbonyl (C=O) groups excluding carboxylic acids is 1. The predicted octanol–water partition coefficient (Wildman–Crippen LogP) is 2.06. The van der Waals surface area contributed by atoms with Crippen LogP contribution >= 0.6 is 0 Å². The number of methoxy groups -OCH3 is 1. The van der Waals surface area contributed by atoms with Crippen LogP contribution < -0.4 is 9.47 Å². The second-order valence-electron chi connectivity index (χ2n) is 4.68. The Hall–Kier alpha value is -1.59. The van der Waals surface area contributed by atoms with Gasteiger partial charge in [0.05, 0.1) is 26.2 Å². The van der Waals surface area contributed by atoms with Gasteiger partial charge in [0.1, 0.15) is 0 Å². The zero-order valence-electron chi connectivity index (χ0n) is 10.8. The van der Waals surface area contributed by atoms with Crippen LogP contribution in [0, 0.1) is 5.92 Å². The molecule has 1 aliphatic carbocycles. The van der Waals surface area contributed by atoms with Gasteiger partial charge in [-0.15, -0.1) is 0 Å². The third-order valence-electron chi connectivity index (χ3n) is 3.20. The first-order valence-corrected chi connectivity index (χ1v) is 6.41. The number of hydrogen-bond donors (Lipinski definition) is 0. The molecule has 19 heavy (non-hydrogen) atoms. The molecule has 1 aromatic rings. The van der Waals surface area contributed by atoms with Gasteiger partial charge in [0, 0.05) is 5.56 Å². The molecule has 1 heterocycles. The Morgan fingerprint density at radius 1 is 1.21 bits per heavy atom. The van der Waals surface area contributed by atoms with Gasteiger partial charge in [-0.25, -0.2) is 0 Å². The van der Waals surface area contributed by atoms with E-state index in [1.807, 2.05) is 6.07 Å². The van der Waals surface area contributed by atoms with Gasteiger partial charge in [-0.2, -0.15) is 0 Å². The second kappa shape index (κ2) is 5.19. The van der Waals surface area contributed by atoms with Crippen molar-refractivity contribution in [3.05, 3.63) is 23.8 Å². The van der Waals surface area contributed by atoms with Crippen LogP contribution in [0.4, 0.5) is 0 Å². The summed E-state index contributed by atoms with van der Waals surface area (Å²) in [5.74, 6) is 0.844. The molecule has 1 aliphatic heterocycles. The standard InChI is InChI=1S/C14H16O5/c1-16-12-8-10(14-17-6-7-18-14)4-5-11(12)19-13(15)9-2-3-9/h4-5,8-9,14H,2-3,6-7H2,1H3. The van der Waals surface area contributed by atoms with Crippen molar-refractivity contribution in [3.63, 3.8) is 0 Å². The number of rotatable bonds is 4. The van der Waals surface area contributed by atoms with Crippen LogP contribution in [-0.4, -0.2) is 26.3 Å². The lowest BCUT2D eigenvalue weighted by Crippen LogP contribution is -2.11. The van der Waals surface area contributed by atoms with Gasteiger partial charge in [-0.3, -0.25) is 4.79 Å². The van der Waals surface area contributed by atoms with Gasteiger partial charge in [0.25, 0.3) is 0 Å². The van der Waals surface area contributed by atoms with E-state index in [-0.39, 0.29) is 18.2 Å². The summed E-state index contributed by atoms with van der Waals surface area (Å²) in [6, 6.07) is 5.33. The minimum Gasteiger partial charge on any atom is -0.493 e. The smallest absolute Gasteiger partial charge is 0.314 e. The average Bonchev–Trinajstić information content (AvgIpc) is 3.15. The van der Waals surface area contributed by atoms with E-state index in [4.69, 9.17) is 18.9 Å². The Bertz CT molecular complexity index is 475. The lowest BCUT2D eigenvalue weighted by Gasteiger charge is -2.13. The fourth-order valence-electron chi connectivity index (χ4n) is 1.98. The van der Waals surface area contributed by atoms with Crippen molar-refractivity contribution in [2.75, 3.05) is 20.3 Å². The maximum absolute atomic E-state index is 11.7. The molecular weight excluding hydrogens is 248 g/mol. The van der Waals surface area contributed by atoms with Crippen LogP contribution in [0.5, 0.6) is 11.5 Å². The summed E-state index contributed by atoms with van der Waals surface area (Å²) in [4.78, 5) is 11.7. The van der Waals surface area contributed by atoms with Gasteiger partial charge in [0.2, 0.25) is 0 Å². The summed E-state index contributed by atoms with van der Waals surface area (Å²) in [5, 5.41) is 0. The molecule has 0 unspecified atom stereocenters. The van der Waals surface area contributed by atoms with E-state index in [2.05, 4.69) is 0 Å². The second-order valence-corrected chi connectivity index (χ2v) is 4.68. The van der Waals surface area contributed by atoms with Crippen molar-refractivity contribution < 1.29 is 23.7 Å². The normalized spacial score (nSPS) is 19.4. The van der Waals surface area contributed by atoms with Crippen LogP contribution in [0.3, 0.4) is 0 Å². The number of benzene rings is 1. The molecule has 0 aromatic heterocycles. The number of carbonyl (C=O) groups is 1. The first-order chi connectivity index (χ1) is 9.28. The highest BCUT2D eigenvalue weighted by atomic mass is 16.7. The highest BCUT2D eigenvalue weighted by Gasteiger charge is 2.32. The lowest BCUT2D eigenvalue weighted by atomic mass is 10.2. The highest BCUT2D eigenvalue weighted by molar-refractivity contribution is 5.78. The Labute approximate surface area is 111 Å². The molecule has 0 spiro atoms. The zero-order chi connectivity index (χ0) is 13.2. The predicted molar refractivity (Wildman–Crippen MR) is 66.0 cm³/mol. The molecular formula is C14H16O5. The third-order valence-corrected chi connectivity index (χ3v) is 3.20. The maximum atomic E-state index is 11.7. The molecule has 1 saturated heterocycles. The topological polar surface area (TPSA) is 54.0 Å². The molecule has 5 heteroatoms. The summed E-state index contributed by atoms with van der Waals surface area (Å²) in [5.41, 5.74) is 0.862. The van der Waals surface area contributed by atoms with Crippen molar-refractivity contribution in [2.24, 2.45) is 5.92 Å². The van der Waals surface area contributed by atoms with E-state index in [9.17, 15) is 4.79 Å². The van der Waals surface area contributed by atoms with E-state index in [0.717, 1.165) is 18.4 Å². The Morgan fingerprint density at radius 2 is 1.95 bits per heavy atom. The molecule has 102 valence electrons. The SMILES string of the molecule is COc1cc(C2OCCO2)ccc1OC(=O)C1CC1. The summed E-state index contributed by atoms with van der Waals surface area (Å²) in [6.45, 7) is 1.18. The molecule has 0 amide bonds. The average molecular weight is 264 g/mol. The van der Waals surface area contributed by atoms with Gasteiger partial charge in [-0.1, -0.05) is 0 Å². The summed E-state index contributed by atoms with van der Waals surface area (Å²) >= 11 is 0. The van der Waals surface area contributed by atoms with Crippen LogP contribution in [0.1, 0.15) is 24.7 Å². The minimum atomic E-state index is -0.359. The highest BCUT2D eigenvalue weighted by Crippen LogP contribution is 2.36. The summed E-state index contributed by atoms with van der Waals surface area (Å²) in [7, 11) is 1.55. The molecule has 3 rings (SSSR count).